The standard InChI is InChI=1S/C7H11NO8P2S.2Na/c9-17(10,11)7(18(12,13)14)8-19(15,16)6-4-2-1-3-5-6;;/h1-5,7-8H,(H2,9,10,11)(H2,12,13,14);;/q;2*+1/p-2. The molecular formula is C7H9NNa2O8P2S. The Labute approximate surface area is 165 Å². The van der Waals surface area contributed by atoms with Crippen LogP contribution >= 0.6 is 15.2 Å². The summed E-state index contributed by atoms with van der Waals surface area (Å²) >= 11 is 0. The van der Waals surface area contributed by atoms with Crippen LogP contribution in [0.2, 0.25) is 0 Å². The molecule has 0 bridgehead atoms. The maximum atomic E-state index is 11.7. The van der Waals surface area contributed by atoms with Crippen LogP contribution in [0.3, 0.4) is 0 Å². The van der Waals surface area contributed by atoms with Gasteiger partial charge in [-0.15, -0.1) is 0 Å². The van der Waals surface area contributed by atoms with Gasteiger partial charge in [-0.05, 0) is 12.1 Å². The van der Waals surface area contributed by atoms with Crippen molar-refractivity contribution in [3.8, 4) is 0 Å². The minimum Gasteiger partial charge on any atom is -0.777 e. The first-order valence-electron chi connectivity index (χ1n) is 4.59. The number of benzene rings is 1. The summed E-state index contributed by atoms with van der Waals surface area (Å²) in [6.45, 7) is 0. The molecule has 0 radical (unpaired) electrons. The molecule has 0 aliphatic heterocycles. The summed E-state index contributed by atoms with van der Waals surface area (Å²) in [6.07, 6.45) is 0. The predicted molar refractivity (Wildman–Crippen MR) is 60.2 cm³/mol. The quantitative estimate of drug-likeness (QED) is 0.337. The molecule has 21 heavy (non-hydrogen) atoms. The zero-order chi connectivity index (χ0) is 14.9. The maximum Gasteiger partial charge on any atom is 1.00 e. The fourth-order valence-electron chi connectivity index (χ4n) is 1.12. The molecule has 0 aliphatic carbocycles. The minimum absolute atomic E-state index is 0. The molecule has 1 aromatic rings. The number of hydrogen-bond donors (Lipinski definition) is 3. The van der Waals surface area contributed by atoms with Crippen LogP contribution in [0.1, 0.15) is 0 Å². The molecule has 108 valence electrons. The molecule has 1 aromatic carbocycles. The molecular weight excluding hydrogens is 366 g/mol. The van der Waals surface area contributed by atoms with E-state index in [1.54, 1.807) is 0 Å². The number of sulfonamides is 1. The molecule has 0 saturated carbocycles. The van der Waals surface area contributed by atoms with Crippen LogP contribution < -0.4 is 73.6 Å². The largest absolute Gasteiger partial charge is 1.00 e. The van der Waals surface area contributed by atoms with E-state index >= 15 is 0 Å². The maximum absolute atomic E-state index is 11.7. The van der Waals surface area contributed by atoms with E-state index in [-0.39, 0.29) is 59.1 Å². The summed E-state index contributed by atoms with van der Waals surface area (Å²) in [7, 11) is -15.9. The second kappa shape index (κ2) is 9.05. The average molecular weight is 375 g/mol. The number of nitrogens with one attached hydrogen (secondary N) is 1. The summed E-state index contributed by atoms with van der Waals surface area (Å²) in [5.74, 6) is 0. The average Bonchev–Trinajstić information content (AvgIpc) is 2.24. The summed E-state index contributed by atoms with van der Waals surface area (Å²) < 4.78 is 46.2. The van der Waals surface area contributed by atoms with Crippen LogP contribution in [-0.4, -0.2) is 23.7 Å². The van der Waals surface area contributed by atoms with Crippen molar-refractivity contribution in [3.05, 3.63) is 30.3 Å². The van der Waals surface area contributed by atoms with Gasteiger partial charge in [0, 0.05) is 0 Å². The minimum atomic E-state index is -5.68. The van der Waals surface area contributed by atoms with E-state index in [1.165, 1.54) is 22.9 Å². The van der Waals surface area contributed by atoms with Gasteiger partial charge < -0.3 is 28.7 Å². The molecule has 9 nitrogen and oxygen atoms in total. The molecule has 3 N–H and O–H groups in total. The Hall–Kier alpha value is 1.43. The van der Waals surface area contributed by atoms with Crippen molar-refractivity contribution < 1.29 is 96.2 Å². The molecule has 0 saturated heterocycles. The molecule has 2 atom stereocenters. The first-order valence-corrected chi connectivity index (χ1v) is 9.36. The van der Waals surface area contributed by atoms with E-state index in [4.69, 9.17) is 9.79 Å². The topological polar surface area (TPSA) is 167 Å². The van der Waals surface area contributed by atoms with Crippen LogP contribution in [0.4, 0.5) is 0 Å². The summed E-state index contributed by atoms with van der Waals surface area (Å²) in [5.41, 5.74) is -3.04. The molecule has 0 heterocycles. The fourth-order valence-corrected chi connectivity index (χ4v) is 5.43. The van der Waals surface area contributed by atoms with Crippen molar-refractivity contribution in [1.82, 2.24) is 4.72 Å². The first-order chi connectivity index (χ1) is 8.44. The number of hydrogen-bond acceptors (Lipinski definition) is 6. The molecule has 0 aliphatic rings. The van der Waals surface area contributed by atoms with Crippen molar-refractivity contribution in [3.63, 3.8) is 0 Å². The molecule has 0 amide bonds. The van der Waals surface area contributed by atoms with Crippen molar-refractivity contribution in [1.29, 1.82) is 0 Å². The number of rotatable bonds is 5. The predicted octanol–water partition coefficient (Wildman–Crippen LogP) is -7.65. The van der Waals surface area contributed by atoms with E-state index in [9.17, 15) is 27.3 Å². The van der Waals surface area contributed by atoms with Crippen molar-refractivity contribution >= 4 is 25.2 Å². The Bertz CT molecular complexity index is 620. The van der Waals surface area contributed by atoms with E-state index in [0.29, 0.717) is 0 Å². The summed E-state index contributed by atoms with van der Waals surface area (Å²) in [4.78, 5) is 38.5. The second-order valence-electron chi connectivity index (χ2n) is 3.44. The summed E-state index contributed by atoms with van der Waals surface area (Å²) in [6, 6.07) is 6.24. The van der Waals surface area contributed by atoms with Crippen molar-refractivity contribution in [2.24, 2.45) is 0 Å². The van der Waals surface area contributed by atoms with Gasteiger partial charge in [0.05, 0.1) is 4.90 Å². The van der Waals surface area contributed by atoms with Gasteiger partial charge in [0.15, 0.2) is 15.2 Å². The van der Waals surface area contributed by atoms with Crippen LogP contribution in [0.15, 0.2) is 35.2 Å². The Kier molecular flexibility index (Phi) is 10.6. The molecule has 1 rings (SSSR count). The van der Waals surface area contributed by atoms with Crippen LogP contribution in [0, 0.1) is 0 Å². The van der Waals surface area contributed by atoms with Gasteiger partial charge in [0.1, 0.15) is 5.52 Å². The Morgan fingerprint density at radius 3 is 1.71 bits per heavy atom. The van der Waals surface area contributed by atoms with Gasteiger partial charge in [-0.1, -0.05) is 18.2 Å². The van der Waals surface area contributed by atoms with Crippen LogP contribution in [0.5, 0.6) is 0 Å². The van der Waals surface area contributed by atoms with Gasteiger partial charge in [0.25, 0.3) is 0 Å². The van der Waals surface area contributed by atoms with Gasteiger partial charge in [-0.3, -0.25) is 0 Å². The third-order valence-electron chi connectivity index (χ3n) is 1.93. The molecule has 0 fully saturated rings. The van der Waals surface area contributed by atoms with Crippen LogP contribution in [-0.2, 0) is 19.2 Å². The molecule has 0 spiro atoms. The molecule has 0 aromatic heterocycles. The second-order valence-corrected chi connectivity index (χ2v) is 8.85. The monoisotopic (exact) mass is 375 g/mol. The zero-order valence-electron chi connectivity index (χ0n) is 11.1. The van der Waals surface area contributed by atoms with E-state index in [0.717, 1.165) is 12.1 Å². The van der Waals surface area contributed by atoms with E-state index < -0.39 is 35.6 Å². The Balaban J connectivity index is 0. The van der Waals surface area contributed by atoms with Crippen molar-refractivity contribution in [2.75, 3.05) is 0 Å². The van der Waals surface area contributed by atoms with Crippen molar-refractivity contribution in [2.45, 2.75) is 10.4 Å². The molecule has 2 unspecified atom stereocenters. The SMILES string of the molecule is O=P([O-])(O)C(NS(=O)(=O)c1ccccc1)P(=O)([O-])O.[Na+].[Na+]. The van der Waals surface area contributed by atoms with Gasteiger partial charge in [-0.2, -0.15) is 4.72 Å². The third-order valence-corrected chi connectivity index (χ3v) is 6.97. The van der Waals surface area contributed by atoms with Gasteiger partial charge in [0.2, 0.25) is 10.0 Å². The zero-order valence-corrected chi connectivity index (χ0v) is 17.7. The third kappa shape index (κ3) is 7.69. The van der Waals surface area contributed by atoms with Crippen LogP contribution in [0.25, 0.3) is 0 Å². The summed E-state index contributed by atoms with van der Waals surface area (Å²) in [5, 5.41) is 0. The normalized spacial score (nSPS) is 18.3. The van der Waals surface area contributed by atoms with E-state index in [2.05, 4.69) is 0 Å². The Morgan fingerprint density at radius 1 is 1.00 bits per heavy atom. The smallest absolute Gasteiger partial charge is 0.777 e. The first kappa shape index (κ1) is 24.7. The fraction of sp³-hybridized carbons (Fsp3) is 0.143. The Morgan fingerprint density at radius 2 is 1.38 bits per heavy atom. The van der Waals surface area contributed by atoms with E-state index in [1.807, 2.05) is 0 Å². The van der Waals surface area contributed by atoms with Gasteiger partial charge >= 0.3 is 59.1 Å². The molecule has 14 heteroatoms. The van der Waals surface area contributed by atoms with Gasteiger partial charge in [-0.25, -0.2) is 8.42 Å².